The van der Waals surface area contributed by atoms with Gasteiger partial charge in [-0.1, -0.05) is 142 Å². The molecular weight excluding hydrogens is 778 g/mol. The van der Waals surface area contributed by atoms with Crippen molar-refractivity contribution in [2.24, 2.45) is 5.92 Å². The number of rotatable bonds is 40. The summed E-state index contributed by atoms with van der Waals surface area (Å²) in [5, 5.41) is 9.73. The van der Waals surface area contributed by atoms with Gasteiger partial charge in [-0.25, -0.2) is 9.13 Å². The van der Waals surface area contributed by atoms with Gasteiger partial charge in [0, 0.05) is 19.3 Å². The number of esters is 2. The van der Waals surface area contributed by atoms with Crippen LogP contribution in [-0.4, -0.2) is 76.1 Å². The zero-order valence-electron chi connectivity index (χ0n) is 35.1. The molecule has 0 rings (SSSR count). The predicted molar refractivity (Wildman–Crippen MR) is 221 cm³/mol. The van der Waals surface area contributed by atoms with Gasteiger partial charge in [-0.05, 0) is 44.1 Å². The lowest BCUT2D eigenvalue weighted by molar-refractivity contribution is -0.161. The van der Waals surface area contributed by atoms with E-state index in [0.29, 0.717) is 19.3 Å². The molecule has 0 aromatic heterocycles. The van der Waals surface area contributed by atoms with Crippen LogP contribution in [0.15, 0.2) is 24.3 Å². The van der Waals surface area contributed by atoms with E-state index in [1.165, 1.54) is 44.9 Å². The van der Waals surface area contributed by atoms with Crippen LogP contribution in [0.4, 0.5) is 0 Å². The molecule has 0 radical (unpaired) electrons. The lowest BCUT2D eigenvalue weighted by atomic mass is 9.99. The highest BCUT2D eigenvalue weighted by molar-refractivity contribution is 7.47. The minimum absolute atomic E-state index is 0.116. The standard InChI is InChI=1S/C41H76O14P2/c1-4-6-22-28-37(42)29-24-19-15-11-9-13-16-20-25-30-40(44)51-34-39(35-54-57(49,50)53-33-38(43)32-52-56(46,47)48)55-41(45)31-26-21-17-12-8-7-10-14-18-23-27-36(3)5-2/h15,19,24,29,36,38-39,43H,4-14,16-18,20-23,25-28,30-35H2,1-3H3,(H,49,50)(H2,46,47,48)/b19-15-,29-24+/t36?,38-,39+/m0/s1. The fourth-order valence-corrected chi connectivity index (χ4v) is 6.81. The summed E-state index contributed by atoms with van der Waals surface area (Å²) in [7, 11) is -9.69. The Hall–Kier alpha value is -1.73. The van der Waals surface area contributed by atoms with Crippen LogP contribution in [0.1, 0.15) is 175 Å². The molecule has 0 amide bonds. The maximum absolute atomic E-state index is 12.6. The van der Waals surface area contributed by atoms with Crippen molar-refractivity contribution < 1.29 is 66.3 Å². The molecule has 4 N–H and O–H groups in total. The number of ketones is 1. The van der Waals surface area contributed by atoms with E-state index >= 15 is 0 Å². The molecule has 0 spiro atoms. The summed E-state index contributed by atoms with van der Waals surface area (Å²) in [4.78, 5) is 64.4. The molecule has 0 saturated carbocycles. The molecule has 0 aromatic carbocycles. The van der Waals surface area contributed by atoms with Gasteiger partial charge in [0.2, 0.25) is 0 Å². The molecule has 0 saturated heterocycles. The van der Waals surface area contributed by atoms with E-state index in [-0.39, 0.29) is 18.6 Å². The Morgan fingerprint density at radius 3 is 1.74 bits per heavy atom. The first-order chi connectivity index (χ1) is 27.2. The van der Waals surface area contributed by atoms with Crippen LogP contribution in [0.25, 0.3) is 0 Å². The first-order valence-corrected chi connectivity index (χ1v) is 24.4. The Labute approximate surface area is 342 Å². The van der Waals surface area contributed by atoms with Gasteiger partial charge in [0.25, 0.3) is 0 Å². The van der Waals surface area contributed by atoms with Gasteiger partial charge in [0.05, 0.1) is 19.8 Å². The zero-order valence-corrected chi connectivity index (χ0v) is 36.9. The topological polar surface area (TPSA) is 212 Å². The quantitative estimate of drug-likeness (QED) is 0.0149. The smallest absolute Gasteiger partial charge is 0.462 e. The molecule has 0 aromatic rings. The lowest BCUT2D eigenvalue weighted by Crippen LogP contribution is -2.30. The second kappa shape index (κ2) is 36.1. The number of carbonyl (C=O) groups is 3. The average Bonchev–Trinajstić information content (AvgIpc) is 3.16. The third kappa shape index (κ3) is 39.5. The van der Waals surface area contributed by atoms with Crippen LogP contribution in [0.2, 0.25) is 0 Å². The monoisotopic (exact) mass is 854 g/mol. The number of hydrogen-bond donors (Lipinski definition) is 4. The lowest BCUT2D eigenvalue weighted by Gasteiger charge is -2.20. The summed E-state index contributed by atoms with van der Waals surface area (Å²) in [6.07, 6.45) is 27.3. The number of unbranched alkanes of at least 4 members (excludes halogenated alkanes) is 16. The van der Waals surface area contributed by atoms with Crippen LogP contribution in [-0.2, 0) is 46.6 Å². The highest BCUT2D eigenvalue weighted by atomic mass is 31.2. The highest BCUT2D eigenvalue weighted by Crippen LogP contribution is 2.43. The summed E-state index contributed by atoms with van der Waals surface area (Å²) in [6.45, 7) is 3.88. The molecule has 0 heterocycles. The third-order valence-corrected chi connectivity index (χ3v) is 10.8. The van der Waals surface area contributed by atoms with Crippen molar-refractivity contribution in [2.45, 2.75) is 187 Å². The minimum atomic E-state index is -4.87. The summed E-state index contributed by atoms with van der Waals surface area (Å²) in [6, 6.07) is 0. The SMILES string of the molecule is CCCCCC(=O)/C=C/C=C\CCCCCCCC(=O)OC[C@H](COP(=O)(O)OC[C@@H](O)COP(=O)(O)O)OC(=O)CCCCCCCCCCCCC(C)CC. The van der Waals surface area contributed by atoms with E-state index in [9.17, 15) is 33.5 Å². The first-order valence-electron chi connectivity index (χ1n) is 21.4. The molecule has 0 aliphatic carbocycles. The number of hydrogen-bond acceptors (Lipinski definition) is 11. The van der Waals surface area contributed by atoms with Crippen LogP contribution < -0.4 is 0 Å². The summed E-state index contributed by atoms with van der Waals surface area (Å²) in [5.74, 6) is -0.124. The van der Waals surface area contributed by atoms with Gasteiger partial charge in [0.1, 0.15) is 12.7 Å². The second-order valence-electron chi connectivity index (χ2n) is 14.9. The molecule has 0 aliphatic rings. The minimum Gasteiger partial charge on any atom is -0.462 e. The van der Waals surface area contributed by atoms with Crippen molar-refractivity contribution in [2.75, 3.05) is 26.4 Å². The Morgan fingerprint density at radius 2 is 1.14 bits per heavy atom. The second-order valence-corrected chi connectivity index (χ2v) is 17.6. The van der Waals surface area contributed by atoms with Crippen molar-refractivity contribution in [3.8, 4) is 0 Å². The predicted octanol–water partition coefficient (Wildman–Crippen LogP) is 9.77. The normalized spacial score (nSPS) is 14.8. The molecule has 0 bridgehead atoms. The maximum atomic E-state index is 12.6. The van der Waals surface area contributed by atoms with Crippen molar-refractivity contribution in [1.82, 2.24) is 0 Å². The zero-order chi connectivity index (χ0) is 42.6. The van der Waals surface area contributed by atoms with Crippen molar-refractivity contribution in [1.29, 1.82) is 0 Å². The fourth-order valence-electron chi connectivity index (χ4n) is 5.66. The van der Waals surface area contributed by atoms with Crippen molar-refractivity contribution in [3.05, 3.63) is 24.3 Å². The maximum Gasteiger partial charge on any atom is 0.472 e. The Bertz CT molecular complexity index is 1190. The summed E-state index contributed by atoms with van der Waals surface area (Å²) < 4.78 is 47.7. The Balaban J connectivity index is 4.59. The van der Waals surface area contributed by atoms with Gasteiger partial charge < -0.3 is 29.3 Å². The molecule has 0 aliphatic heterocycles. The van der Waals surface area contributed by atoms with Crippen LogP contribution in [0, 0.1) is 5.92 Å². The fraction of sp³-hybridized carbons (Fsp3) is 0.829. The number of carbonyl (C=O) groups excluding carboxylic acids is 3. The van der Waals surface area contributed by atoms with Crippen molar-refractivity contribution in [3.63, 3.8) is 0 Å². The van der Waals surface area contributed by atoms with E-state index in [4.69, 9.17) is 23.8 Å². The van der Waals surface area contributed by atoms with Gasteiger partial charge in [-0.2, -0.15) is 0 Å². The number of phosphoric acid groups is 2. The molecule has 16 heteroatoms. The van der Waals surface area contributed by atoms with Gasteiger partial charge >= 0.3 is 27.6 Å². The number of ether oxygens (including phenoxy) is 2. The first kappa shape index (κ1) is 55.3. The van der Waals surface area contributed by atoms with Gasteiger partial charge in [-0.15, -0.1) is 0 Å². The average molecular weight is 855 g/mol. The third-order valence-electron chi connectivity index (χ3n) is 9.35. The Kier molecular flexibility index (Phi) is 35.1. The van der Waals surface area contributed by atoms with E-state index in [2.05, 4.69) is 29.8 Å². The summed E-state index contributed by atoms with van der Waals surface area (Å²) in [5.41, 5.74) is 0. The highest BCUT2D eigenvalue weighted by Gasteiger charge is 2.28. The number of aliphatic hydroxyl groups is 1. The van der Waals surface area contributed by atoms with Crippen LogP contribution in [0.3, 0.4) is 0 Å². The molecule has 2 unspecified atom stereocenters. The number of aliphatic hydroxyl groups excluding tert-OH is 1. The van der Waals surface area contributed by atoms with E-state index in [1.807, 2.05) is 12.2 Å². The molecule has 4 atom stereocenters. The summed E-state index contributed by atoms with van der Waals surface area (Å²) >= 11 is 0. The molecule has 334 valence electrons. The molecule has 57 heavy (non-hydrogen) atoms. The van der Waals surface area contributed by atoms with E-state index < -0.39 is 66.2 Å². The van der Waals surface area contributed by atoms with Crippen molar-refractivity contribution >= 4 is 33.4 Å². The van der Waals surface area contributed by atoms with Gasteiger partial charge in [-0.3, -0.25) is 28.0 Å². The number of allylic oxidation sites excluding steroid dienone is 4. The number of phosphoric ester groups is 2. The van der Waals surface area contributed by atoms with E-state index in [1.54, 1.807) is 12.2 Å². The molecule has 0 fully saturated rings. The van der Waals surface area contributed by atoms with Crippen LogP contribution in [0.5, 0.6) is 0 Å². The van der Waals surface area contributed by atoms with Crippen LogP contribution >= 0.6 is 15.6 Å². The largest absolute Gasteiger partial charge is 0.472 e. The molecule has 14 nitrogen and oxygen atoms in total. The van der Waals surface area contributed by atoms with E-state index in [0.717, 1.165) is 83.0 Å². The molecular formula is C41H76O14P2. The van der Waals surface area contributed by atoms with Gasteiger partial charge in [0.15, 0.2) is 11.9 Å². The Morgan fingerprint density at radius 1 is 0.614 bits per heavy atom.